The molecule has 0 heterocycles. The van der Waals surface area contributed by atoms with Crippen molar-refractivity contribution in [1.82, 2.24) is 0 Å². The lowest BCUT2D eigenvalue weighted by molar-refractivity contribution is -0.388. The molecule has 0 aliphatic carbocycles. The van der Waals surface area contributed by atoms with Crippen LogP contribution >= 0.6 is 0 Å². The van der Waals surface area contributed by atoms with Gasteiger partial charge < -0.3 is 4.79 Å². The number of ketones is 1. The number of aldehydes is 1. The van der Waals surface area contributed by atoms with Crippen LogP contribution in [0.2, 0.25) is 0 Å². The van der Waals surface area contributed by atoms with Gasteiger partial charge in [0.25, 0.3) is 0 Å². The second-order valence-electron chi connectivity index (χ2n) is 3.01. The summed E-state index contributed by atoms with van der Waals surface area (Å²) in [5.74, 6) is -23.5. The van der Waals surface area contributed by atoms with Gasteiger partial charge in [0.15, 0.2) is 0 Å². The second-order valence-corrected chi connectivity index (χ2v) is 3.01. The van der Waals surface area contributed by atoms with Gasteiger partial charge in [0, 0.05) is 0 Å². The number of carbonyl (C=O) groups excluding carboxylic acids is 2. The van der Waals surface area contributed by atoms with E-state index in [0.717, 1.165) is 0 Å². The van der Waals surface area contributed by atoms with Crippen LogP contribution in [0.25, 0.3) is 0 Å². The predicted molar refractivity (Wildman–Crippen MR) is 36.6 cm³/mol. The molecule has 0 bridgehead atoms. The highest BCUT2D eigenvalue weighted by molar-refractivity contribution is 5.95. The summed E-state index contributed by atoms with van der Waals surface area (Å²) in [7, 11) is 0. The smallest absolute Gasteiger partial charge is 0.303 e. The molecule has 2 nitrogen and oxygen atoms in total. The number of rotatable bonds is 5. The summed E-state index contributed by atoms with van der Waals surface area (Å²) in [4.78, 5) is 19.9. The largest absolute Gasteiger partial charge is 0.460 e. The van der Waals surface area contributed by atoms with Crippen molar-refractivity contribution in [3.8, 4) is 0 Å². The average molecular weight is 290 g/mol. The average Bonchev–Trinajstić information content (AvgIpc) is 2.15. The molecule has 0 aromatic carbocycles. The number of Topliss-reactive ketones (excluding diaryl/α,β-unsaturated/α-hetero) is 1. The molecule has 106 valence electrons. The SMILES string of the molecule is O=CCC(=O)C(F)(F)C(F)(F)C(F)(F)C(F)(F)F. The Morgan fingerprint density at radius 2 is 1.22 bits per heavy atom. The maximum atomic E-state index is 12.6. The van der Waals surface area contributed by atoms with Gasteiger partial charge in [-0.1, -0.05) is 0 Å². The standard InChI is InChI=1S/C7H3F9O2/c8-4(9,3(18)1-2-17)5(10,11)6(12,13)7(14,15)16/h2H,1H2. The molecular weight excluding hydrogens is 287 g/mol. The van der Waals surface area contributed by atoms with Crippen LogP contribution in [0.1, 0.15) is 6.42 Å². The Labute approximate surface area is 92.7 Å². The quantitative estimate of drug-likeness (QED) is 0.443. The highest BCUT2D eigenvalue weighted by atomic mass is 19.4. The molecule has 11 heteroatoms. The van der Waals surface area contributed by atoms with E-state index in [0.29, 0.717) is 0 Å². The van der Waals surface area contributed by atoms with Crippen LogP contribution in [0, 0.1) is 0 Å². The molecule has 0 rings (SSSR count). The first kappa shape index (κ1) is 16.7. The molecule has 0 N–H and O–H groups in total. The van der Waals surface area contributed by atoms with Crippen molar-refractivity contribution in [2.75, 3.05) is 0 Å². The van der Waals surface area contributed by atoms with Gasteiger partial charge >= 0.3 is 23.9 Å². The number of alkyl halides is 9. The lowest BCUT2D eigenvalue weighted by Gasteiger charge is -2.32. The van der Waals surface area contributed by atoms with Gasteiger partial charge in [-0.25, -0.2) is 0 Å². The summed E-state index contributed by atoms with van der Waals surface area (Å²) in [6.45, 7) is 0. The first-order valence-electron chi connectivity index (χ1n) is 3.90. The van der Waals surface area contributed by atoms with Crippen molar-refractivity contribution in [1.29, 1.82) is 0 Å². The van der Waals surface area contributed by atoms with Gasteiger partial charge in [0.2, 0.25) is 5.78 Å². The Morgan fingerprint density at radius 3 is 1.50 bits per heavy atom. The fourth-order valence-corrected chi connectivity index (χ4v) is 0.754. The predicted octanol–water partition coefficient (Wildman–Crippen LogP) is 2.61. The van der Waals surface area contributed by atoms with Gasteiger partial charge in [-0.2, -0.15) is 39.5 Å². The van der Waals surface area contributed by atoms with E-state index in [1.54, 1.807) is 0 Å². The number of hydrogen-bond donors (Lipinski definition) is 0. The third kappa shape index (κ3) is 2.29. The van der Waals surface area contributed by atoms with Gasteiger partial charge in [0.1, 0.15) is 6.29 Å². The molecule has 0 aromatic rings. The van der Waals surface area contributed by atoms with E-state index in [-0.39, 0.29) is 0 Å². The van der Waals surface area contributed by atoms with E-state index in [1.807, 2.05) is 0 Å². The van der Waals surface area contributed by atoms with Gasteiger partial charge in [0.05, 0.1) is 6.42 Å². The van der Waals surface area contributed by atoms with Crippen LogP contribution in [0.3, 0.4) is 0 Å². The second kappa shape index (κ2) is 4.43. The number of hydrogen-bond acceptors (Lipinski definition) is 2. The van der Waals surface area contributed by atoms with E-state index < -0.39 is 42.4 Å². The molecule has 0 radical (unpaired) electrons. The Balaban J connectivity index is 5.63. The van der Waals surface area contributed by atoms with Crippen molar-refractivity contribution in [3.05, 3.63) is 0 Å². The summed E-state index contributed by atoms with van der Waals surface area (Å²) >= 11 is 0. The lowest BCUT2D eigenvalue weighted by atomic mass is 9.99. The van der Waals surface area contributed by atoms with Crippen molar-refractivity contribution in [3.63, 3.8) is 0 Å². The third-order valence-electron chi connectivity index (χ3n) is 1.76. The molecule has 0 spiro atoms. The fourth-order valence-electron chi connectivity index (χ4n) is 0.754. The zero-order chi connectivity index (χ0) is 15.0. The zero-order valence-electron chi connectivity index (χ0n) is 8.00. The van der Waals surface area contributed by atoms with Crippen LogP contribution in [-0.2, 0) is 9.59 Å². The zero-order valence-corrected chi connectivity index (χ0v) is 8.00. The first-order chi connectivity index (χ1) is 7.73. The molecule has 0 fully saturated rings. The summed E-state index contributed by atoms with van der Waals surface area (Å²) in [5.41, 5.74) is 0. The Bertz CT molecular complexity index is 343. The van der Waals surface area contributed by atoms with Gasteiger partial charge in [-0.3, -0.25) is 4.79 Å². The molecule has 0 unspecified atom stereocenters. The van der Waals surface area contributed by atoms with Crippen molar-refractivity contribution < 1.29 is 49.1 Å². The van der Waals surface area contributed by atoms with Crippen molar-refractivity contribution in [2.45, 2.75) is 30.4 Å². The third-order valence-corrected chi connectivity index (χ3v) is 1.76. The summed E-state index contributed by atoms with van der Waals surface area (Å²) in [5, 5.41) is 0. The molecular formula is C7H3F9O2. The summed E-state index contributed by atoms with van der Waals surface area (Å²) in [6.07, 6.45) is -9.53. The minimum Gasteiger partial charge on any atom is -0.303 e. The van der Waals surface area contributed by atoms with E-state index >= 15 is 0 Å². The van der Waals surface area contributed by atoms with Crippen LogP contribution in [0.5, 0.6) is 0 Å². The summed E-state index contributed by atoms with van der Waals surface area (Å²) in [6, 6.07) is 0. The van der Waals surface area contributed by atoms with E-state index in [9.17, 15) is 49.1 Å². The number of carbonyl (C=O) groups is 2. The number of halogens is 9. The highest BCUT2D eigenvalue weighted by Crippen LogP contribution is 2.53. The molecule has 0 atom stereocenters. The van der Waals surface area contributed by atoms with Crippen LogP contribution in [0.4, 0.5) is 39.5 Å². The Kier molecular flexibility index (Phi) is 4.11. The molecule has 0 aliphatic rings. The fraction of sp³-hybridized carbons (Fsp3) is 0.714. The van der Waals surface area contributed by atoms with E-state index in [2.05, 4.69) is 0 Å². The van der Waals surface area contributed by atoms with Crippen molar-refractivity contribution >= 4 is 12.1 Å². The normalized spacial score (nSPS) is 14.5. The lowest BCUT2D eigenvalue weighted by Crippen LogP contribution is -2.63. The summed E-state index contributed by atoms with van der Waals surface area (Å²) < 4.78 is 109. The van der Waals surface area contributed by atoms with Crippen LogP contribution < -0.4 is 0 Å². The monoisotopic (exact) mass is 290 g/mol. The van der Waals surface area contributed by atoms with Crippen LogP contribution in [0.15, 0.2) is 0 Å². The minimum absolute atomic E-state index is 0.627. The molecule has 0 saturated heterocycles. The van der Waals surface area contributed by atoms with Gasteiger partial charge in [-0.15, -0.1) is 0 Å². The van der Waals surface area contributed by atoms with Crippen molar-refractivity contribution in [2.24, 2.45) is 0 Å². The maximum Gasteiger partial charge on any atom is 0.460 e. The highest BCUT2D eigenvalue weighted by Gasteiger charge is 2.83. The van der Waals surface area contributed by atoms with E-state index in [4.69, 9.17) is 0 Å². The molecule has 0 aromatic heterocycles. The Hall–Kier alpha value is -1.29. The molecule has 0 aliphatic heterocycles. The maximum absolute atomic E-state index is 12.6. The van der Waals surface area contributed by atoms with E-state index in [1.165, 1.54) is 0 Å². The molecule has 0 amide bonds. The Morgan fingerprint density at radius 1 is 0.833 bits per heavy atom. The van der Waals surface area contributed by atoms with Crippen LogP contribution in [-0.4, -0.2) is 36.0 Å². The molecule has 18 heavy (non-hydrogen) atoms. The molecule has 0 saturated carbocycles. The first-order valence-corrected chi connectivity index (χ1v) is 3.90. The van der Waals surface area contributed by atoms with Gasteiger partial charge in [-0.05, 0) is 0 Å². The topological polar surface area (TPSA) is 34.1 Å². The minimum atomic E-state index is -7.12.